The van der Waals surface area contributed by atoms with Gasteiger partial charge in [0.25, 0.3) is 0 Å². The lowest BCUT2D eigenvalue weighted by atomic mass is 10.1. The van der Waals surface area contributed by atoms with Gasteiger partial charge in [0.15, 0.2) is 0 Å². The van der Waals surface area contributed by atoms with Gasteiger partial charge in [-0.1, -0.05) is 27.7 Å². The lowest BCUT2D eigenvalue weighted by molar-refractivity contribution is -0.109. The van der Waals surface area contributed by atoms with E-state index in [1.54, 1.807) is 0 Å². The molecule has 1 atom stereocenters. The highest BCUT2D eigenvalue weighted by atomic mass is 16.2. The van der Waals surface area contributed by atoms with Gasteiger partial charge in [0.05, 0.1) is 6.04 Å². The van der Waals surface area contributed by atoms with Crippen LogP contribution < -0.4 is 5.32 Å². The van der Waals surface area contributed by atoms with Crippen molar-refractivity contribution >= 4 is 12.3 Å². The quantitative estimate of drug-likeness (QED) is 0.679. The number of carbonyl (C=O) groups is 2. The summed E-state index contributed by atoms with van der Waals surface area (Å²) in [5, 5.41) is 2.82. The number of hydrogen-bond donors (Lipinski definition) is 1. The van der Waals surface area contributed by atoms with Crippen LogP contribution in [0.4, 0.5) is 4.79 Å². The molecule has 106 valence electrons. The molecule has 0 unspecified atom stereocenters. The fourth-order valence-corrected chi connectivity index (χ4v) is 2.19. The smallest absolute Gasteiger partial charge is 0.318 e. The van der Waals surface area contributed by atoms with Crippen molar-refractivity contribution in [2.75, 3.05) is 6.54 Å². The van der Waals surface area contributed by atoms with Crippen LogP contribution in [0, 0.1) is 5.92 Å². The van der Waals surface area contributed by atoms with Gasteiger partial charge in [0.1, 0.15) is 6.29 Å². The highest BCUT2D eigenvalue weighted by Crippen LogP contribution is 2.10. The minimum atomic E-state index is -0.374. The van der Waals surface area contributed by atoms with E-state index in [0.29, 0.717) is 18.9 Å². The molecule has 1 N–H and O–H groups in total. The molecule has 0 aliphatic carbocycles. The molecule has 0 bridgehead atoms. The summed E-state index contributed by atoms with van der Waals surface area (Å²) in [5.41, 5.74) is 0. The Morgan fingerprint density at radius 3 is 2.11 bits per heavy atom. The molecule has 18 heavy (non-hydrogen) atoms. The zero-order chi connectivity index (χ0) is 14.1. The monoisotopic (exact) mass is 256 g/mol. The van der Waals surface area contributed by atoms with E-state index in [2.05, 4.69) is 19.2 Å². The van der Waals surface area contributed by atoms with Gasteiger partial charge in [-0.05, 0) is 32.1 Å². The second-order valence-electron chi connectivity index (χ2n) is 5.08. The van der Waals surface area contributed by atoms with Crippen molar-refractivity contribution in [2.45, 2.75) is 66.0 Å². The van der Waals surface area contributed by atoms with E-state index in [4.69, 9.17) is 0 Å². The molecular weight excluding hydrogens is 228 g/mol. The standard InChI is InChI=1S/C14H28N2O2/c1-6-13(7-2)16(8-3)14(18)15-12(10-17)9-11(4)5/h10-13H,6-9H2,1-5H3,(H,15,18)/t12-/m0/s1. The highest BCUT2D eigenvalue weighted by Gasteiger charge is 2.22. The number of urea groups is 1. The maximum absolute atomic E-state index is 12.1. The Kier molecular flexibility index (Phi) is 8.42. The number of nitrogens with zero attached hydrogens (tertiary/aromatic N) is 1. The summed E-state index contributed by atoms with van der Waals surface area (Å²) in [7, 11) is 0. The van der Waals surface area contributed by atoms with Crippen LogP contribution in [0.25, 0.3) is 0 Å². The summed E-state index contributed by atoms with van der Waals surface area (Å²) >= 11 is 0. The van der Waals surface area contributed by atoms with E-state index in [-0.39, 0.29) is 18.1 Å². The van der Waals surface area contributed by atoms with Gasteiger partial charge >= 0.3 is 6.03 Å². The minimum Gasteiger partial charge on any atom is -0.328 e. The van der Waals surface area contributed by atoms with E-state index in [0.717, 1.165) is 19.1 Å². The van der Waals surface area contributed by atoms with Crippen LogP contribution in [0.1, 0.15) is 53.9 Å². The summed E-state index contributed by atoms with van der Waals surface area (Å²) in [6, 6.07) is -0.244. The van der Waals surface area contributed by atoms with Crippen LogP contribution in [0.3, 0.4) is 0 Å². The number of carbonyl (C=O) groups excluding carboxylic acids is 2. The average molecular weight is 256 g/mol. The third-order valence-electron chi connectivity index (χ3n) is 3.18. The number of aldehydes is 1. The predicted octanol–water partition coefficient (Wildman–Crippen LogP) is 2.82. The minimum absolute atomic E-state index is 0.121. The first-order chi connectivity index (χ1) is 8.49. The predicted molar refractivity (Wildman–Crippen MR) is 74.6 cm³/mol. The Labute approximate surface area is 111 Å². The lowest BCUT2D eigenvalue weighted by Gasteiger charge is -2.30. The normalized spacial score (nSPS) is 12.6. The van der Waals surface area contributed by atoms with E-state index in [9.17, 15) is 9.59 Å². The number of rotatable bonds is 8. The van der Waals surface area contributed by atoms with Gasteiger partial charge in [-0.15, -0.1) is 0 Å². The van der Waals surface area contributed by atoms with Gasteiger partial charge < -0.3 is 15.0 Å². The first-order valence-corrected chi connectivity index (χ1v) is 7.02. The number of amides is 2. The summed E-state index contributed by atoms with van der Waals surface area (Å²) in [6.07, 6.45) is 3.40. The van der Waals surface area contributed by atoms with Crippen LogP contribution in [0.5, 0.6) is 0 Å². The Morgan fingerprint density at radius 2 is 1.78 bits per heavy atom. The zero-order valence-electron chi connectivity index (χ0n) is 12.4. The van der Waals surface area contributed by atoms with E-state index in [1.165, 1.54) is 0 Å². The molecule has 0 radical (unpaired) electrons. The summed E-state index contributed by atoms with van der Waals surface area (Å²) in [5.74, 6) is 0.392. The Bertz CT molecular complexity index is 250. The van der Waals surface area contributed by atoms with Crippen LogP contribution in [0.2, 0.25) is 0 Å². The fourth-order valence-electron chi connectivity index (χ4n) is 2.19. The van der Waals surface area contributed by atoms with E-state index in [1.807, 2.05) is 25.7 Å². The molecule has 0 fully saturated rings. The summed E-state index contributed by atoms with van der Waals surface area (Å²) in [6.45, 7) is 10.9. The molecule has 0 heterocycles. The maximum atomic E-state index is 12.1. The third kappa shape index (κ3) is 5.52. The van der Waals surface area contributed by atoms with Gasteiger partial charge in [-0.25, -0.2) is 4.79 Å². The summed E-state index contributed by atoms with van der Waals surface area (Å²) in [4.78, 5) is 24.9. The second kappa shape index (κ2) is 8.95. The van der Waals surface area contributed by atoms with Crippen molar-refractivity contribution in [1.29, 1.82) is 0 Å². The number of hydrogen-bond acceptors (Lipinski definition) is 2. The van der Waals surface area contributed by atoms with Gasteiger partial charge in [0.2, 0.25) is 0 Å². The van der Waals surface area contributed by atoms with Gasteiger partial charge in [0, 0.05) is 12.6 Å². The molecule has 0 aliphatic heterocycles. The Morgan fingerprint density at radius 1 is 1.22 bits per heavy atom. The van der Waals surface area contributed by atoms with Crippen molar-refractivity contribution in [1.82, 2.24) is 10.2 Å². The van der Waals surface area contributed by atoms with Crippen LogP contribution >= 0.6 is 0 Å². The van der Waals surface area contributed by atoms with Crippen molar-refractivity contribution in [3.8, 4) is 0 Å². The first kappa shape index (κ1) is 16.9. The van der Waals surface area contributed by atoms with Crippen LogP contribution in [-0.4, -0.2) is 35.8 Å². The Hall–Kier alpha value is -1.06. The van der Waals surface area contributed by atoms with Crippen molar-refractivity contribution in [2.24, 2.45) is 5.92 Å². The van der Waals surface area contributed by atoms with Crippen molar-refractivity contribution in [3.63, 3.8) is 0 Å². The molecular formula is C14H28N2O2. The molecule has 2 amide bonds. The molecule has 4 heteroatoms. The Balaban J connectivity index is 4.54. The molecule has 0 aromatic carbocycles. The molecule has 0 rings (SSSR count). The molecule has 0 aromatic heterocycles. The molecule has 0 aromatic rings. The molecule has 0 saturated carbocycles. The second-order valence-corrected chi connectivity index (χ2v) is 5.08. The van der Waals surface area contributed by atoms with Crippen molar-refractivity contribution < 1.29 is 9.59 Å². The fraction of sp³-hybridized carbons (Fsp3) is 0.857. The van der Waals surface area contributed by atoms with E-state index >= 15 is 0 Å². The highest BCUT2D eigenvalue weighted by molar-refractivity contribution is 5.78. The van der Waals surface area contributed by atoms with Gasteiger partial charge in [-0.3, -0.25) is 0 Å². The molecule has 4 nitrogen and oxygen atoms in total. The molecule has 0 saturated heterocycles. The van der Waals surface area contributed by atoms with Gasteiger partial charge in [-0.2, -0.15) is 0 Å². The molecule has 0 aliphatic rings. The topological polar surface area (TPSA) is 49.4 Å². The summed E-state index contributed by atoms with van der Waals surface area (Å²) < 4.78 is 0. The zero-order valence-corrected chi connectivity index (χ0v) is 12.4. The number of nitrogens with one attached hydrogen (secondary N) is 1. The van der Waals surface area contributed by atoms with Crippen LogP contribution in [0.15, 0.2) is 0 Å². The van der Waals surface area contributed by atoms with E-state index < -0.39 is 0 Å². The average Bonchev–Trinajstić information content (AvgIpc) is 2.33. The van der Waals surface area contributed by atoms with Crippen LogP contribution in [-0.2, 0) is 4.79 Å². The molecule has 0 spiro atoms. The SMILES string of the molecule is CCC(CC)N(CC)C(=O)N[C@H](C=O)CC(C)C. The van der Waals surface area contributed by atoms with Crippen molar-refractivity contribution in [3.05, 3.63) is 0 Å². The largest absolute Gasteiger partial charge is 0.328 e. The lowest BCUT2D eigenvalue weighted by Crippen LogP contribution is -2.49. The first-order valence-electron chi connectivity index (χ1n) is 7.02. The third-order valence-corrected chi connectivity index (χ3v) is 3.18. The maximum Gasteiger partial charge on any atom is 0.318 e.